The van der Waals surface area contributed by atoms with Gasteiger partial charge in [-0.1, -0.05) is 438 Å². The Hall–Kier alpha value is -1.21. The van der Waals surface area contributed by atoms with Crippen LogP contribution in [0.15, 0.2) is 0 Å². The van der Waals surface area contributed by atoms with Crippen LogP contribution in [0.3, 0.4) is 0 Å². The van der Waals surface area contributed by atoms with E-state index in [2.05, 4.69) is 19.2 Å². The van der Waals surface area contributed by atoms with Crippen LogP contribution in [0.25, 0.3) is 0 Å². The van der Waals surface area contributed by atoms with Gasteiger partial charge >= 0.3 is 0 Å². The molecule has 0 spiro atoms. The van der Waals surface area contributed by atoms with Gasteiger partial charge in [0.15, 0.2) is 18.9 Å². The van der Waals surface area contributed by atoms with Crippen molar-refractivity contribution in [3.63, 3.8) is 0 Å². The van der Waals surface area contributed by atoms with Crippen molar-refractivity contribution in [2.75, 3.05) is 26.4 Å². The van der Waals surface area contributed by atoms with Crippen molar-refractivity contribution in [1.29, 1.82) is 0 Å². The maximum absolute atomic E-state index is 13.6. The van der Waals surface area contributed by atoms with Crippen molar-refractivity contribution in [2.24, 2.45) is 0 Å². The van der Waals surface area contributed by atoms with Gasteiger partial charge in [-0.2, -0.15) is 0 Å². The highest BCUT2D eigenvalue weighted by Gasteiger charge is 2.54. The molecule has 0 aromatic carbocycles. The highest BCUT2D eigenvalue weighted by Crippen LogP contribution is 2.34. The Morgan fingerprint density at radius 1 is 0.286 bits per heavy atom. The summed E-state index contributed by atoms with van der Waals surface area (Å²) in [4.78, 5) is 13.6. The first kappa shape index (κ1) is 105. The molecule has 1 amide bonds. The molecule has 17 atom stereocenters. The van der Waals surface area contributed by atoms with Crippen LogP contribution in [0.4, 0.5) is 0 Å². The van der Waals surface area contributed by atoms with Crippen molar-refractivity contribution in [1.82, 2.24) is 5.32 Å². The van der Waals surface area contributed by atoms with Gasteiger partial charge in [-0.3, -0.25) is 4.79 Å². The van der Waals surface area contributed by atoms with E-state index in [1.54, 1.807) is 0 Å². The molecule has 0 bridgehead atoms. The quantitative estimate of drug-likeness (QED) is 0.0252. The number of aliphatic hydroxyl groups is 11. The lowest BCUT2D eigenvalue weighted by atomic mass is 9.96. The van der Waals surface area contributed by atoms with Crippen molar-refractivity contribution in [2.45, 2.75) is 561 Å². The number of hydrogen-bond acceptors (Lipinski definition) is 18. The van der Waals surface area contributed by atoms with E-state index in [1.165, 1.54) is 379 Å². The summed E-state index contributed by atoms with van der Waals surface area (Å²) in [6.45, 7) is 1.90. The number of aliphatic hydroxyl groups excluding tert-OH is 11. The van der Waals surface area contributed by atoms with Gasteiger partial charge in [-0.25, -0.2) is 0 Å². The molecule has 0 saturated carbocycles. The predicted molar refractivity (Wildman–Crippen MR) is 453 cm³/mol. The molecule has 3 aliphatic heterocycles. The highest BCUT2D eigenvalue weighted by atomic mass is 16.8. The molecule has 12 N–H and O–H groups in total. The van der Waals surface area contributed by atoms with E-state index in [4.69, 9.17) is 28.4 Å². The molecule has 0 aromatic rings. The Bertz CT molecular complexity index is 2010. The van der Waals surface area contributed by atoms with Gasteiger partial charge in [-0.15, -0.1) is 0 Å². The molecule has 666 valence electrons. The minimum Gasteiger partial charge on any atom is -0.394 e. The SMILES string of the molecule is CCCCCCCCCCCCCCCCCCCCCCCCCCCCCCCCCCCCCCCCC(=O)NC(COC1OC(CO)C(OC2OC(CO)C(OC3OC(CO)C(O)C(O)C3O)C(O)C2O)C(O)C1O)C(O)CCCCCCCCCCCCCCCCCCCCCCCCCCCCCCC. The van der Waals surface area contributed by atoms with Gasteiger partial charge < -0.3 is 89.9 Å². The van der Waals surface area contributed by atoms with E-state index < -0.39 is 124 Å². The zero-order valence-corrected chi connectivity index (χ0v) is 72.2. The van der Waals surface area contributed by atoms with Gasteiger partial charge in [-0.05, 0) is 12.8 Å². The summed E-state index contributed by atoms with van der Waals surface area (Å²) in [6, 6.07) is -0.885. The molecule has 3 fully saturated rings. The summed E-state index contributed by atoms with van der Waals surface area (Å²) in [7, 11) is 0. The smallest absolute Gasteiger partial charge is 0.220 e. The first-order chi connectivity index (χ1) is 54.8. The van der Waals surface area contributed by atoms with Crippen LogP contribution in [0.1, 0.15) is 457 Å². The standard InChI is InChI=1S/C93H181NO18/c1-3-5-7-9-11-13-15-17-19-21-23-25-27-29-31-33-34-35-36-37-38-39-40-41-43-45-47-49-51-53-55-57-59-61-63-65-67-69-71-81(99)94-76(77(98)70-68-66-64-62-60-58-56-54-52-50-48-46-44-42-32-30-28-26-24-22-20-18-16-14-12-10-8-6-4-2)75-107-91-87(105)84(102)89(79(73-96)109-91)112-93-88(106)85(103)90(80(74-97)110-93)111-92-86(104)83(101)82(100)78(72-95)108-92/h76-80,82-93,95-98,100-106H,3-75H2,1-2H3,(H,94,99). The summed E-state index contributed by atoms with van der Waals surface area (Å²) in [5.74, 6) is -0.230. The Kier molecular flexibility index (Phi) is 69.1. The number of carbonyl (C=O) groups excluding carboxylic acids is 1. The number of ether oxygens (including phenoxy) is 6. The average molecular weight is 1600 g/mol. The van der Waals surface area contributed by atoms with Crippen molar-refractivity contribution < 1.29 is 89.4 Å². The molecule has 19 heteroatoms. The molecular formula is C93H181NO18. The first-order valence-corrected chi connectivity index (χ1v) is 48.3. The summed E-state index contributed by atoms with van der Waals surface area (Å²) in [5, 5.41) is 121. The van der Waals surface area contributed by atoms with Crippen LogP contribution < -0.4 is 5.32 Å². The fraction of sp³-hybridized carbons (Fsp3) is 0.989. The van der Waals surface area contributed by atoms with Crippen LogP contribution in [0, 0.1) is 0 Å². The predicted octanol–water partition coefficient (Wildman–Crippen LogP) is 19.3. The molecule has 0 radical (unpaired) electrons. The van der Waals surface area contributed by atoms with Gasteiger partial charge in [0, 0.05) is 6.42 Å². The molecule has 112 heavy (non-hydrogen) atoms. The third kappa shape index (κ3) is 51.4. The van der Waals surface area contributed by atoms with Crippen LogP contribution in [-0.2, 0) is 33.2 Å². The Morgan fingerprint density at radius 2 is 0.509 bits per heavy atom. The number of rotatable bonds is 81. The van der Waals surface area contributed by atoms with E-state index in [0.717, 1.165) is 44.9 Å². The summed E-state index contributed by atoms with van der Waals surface area (Å²) >= 11 is 0. The van der Waals surface area contributed by atoms with Crippen LogP contribution in [0.5, 0.6) is 0 Å². The maximum Gasteiger partial charge on any atom is 0.220 e. The molecular weight excluding hydrogens is 1420 g/mol. The van der Waals surface area contributed by atoms with E-state index in [0.29, 0.717) is 12.8 Å². The number of unbranched alkanes of at least 4 members (excludes halogenated alkanes) is 65. The lowest BCUT2D eigenvalue weighted by Crippen LogP contribution is -2.66. The Labute approximate surface area is 684 Å². The zero-order valence-electron chi connectivity index (χ0n) is 72.2. The monoisotopic (exact) mass is 1600 g/mol. The minimum absolute atomic E-state index is 0.230. The number of hydrogen-bond donors (Lipinski definition) is 12. The van der Waals surface area contributed by atoms with Crippen LogP contribution in [-0.4, -0.2) is 193 Å². The summed E-state index contributed by atoms with van der Waals surface area (Å²) in [6.07, 6.45) is 63.9. The number of nitrogens with one attached hydrogen (secondary N) is 1. The van der Waals surface area contributed by atoms with E-state index >= 15 is 0 Å². The zero-order chi connectivity index (χ0) is 81.0. The second-order valence-corrected chi connectivity index (χ2v) is 34.9. The third-order valence-electron chi connectivity index (χ3n) is 24.7. The van der Waals surface area contributed by atoms with Gasteiger partial charge in [0.2, 0.25) is 5.91 Å². The van der Waals surface area contributed by atoms with Gasteiger partial charge in [0.1, 0.15) is 73.2 Å². The Balaban J connectivity index is 1.28. The minimum atomic E-state index is -1.97. The normalized spacial score (nSPS) is 24.8. The number of carbonyl (C=O) groups is 1. The van der Waals surface area contributed by atoms with Crippen molar-refractivity contribution in [3.8, 4) is 0 Å². The molecule has 17 unspecified atom stereocenters. The van der Waals surface area contributed by atoms with Gasteiger partial charge in [0.25, 0.3) is 0 Å². The van der Waals surface area contributed by atoms with E-state index in [9.17, 15) is 61.0 Å². The van der Waals surface area contributed by atoms with E-state index in [1.807, 2.05) is 0 Å². The molecule has 19 nitrogen and oxygen atoms in total. The molecule has 3 aliphatic rings. The van der Waals surface area contributed by atoms with Crippen LogP contribution >= 0.6 is 0 Å². The molecule has 0 aromatic heterocycles. The van der Waals surface area contributed by atoms with E-state index in [-0.39, 0.29) is 18.9 Å². The molecule has 3 heterocycles. The maximum atomic E-state index is 13.6. The topological polar surface area (TPSA) is 307 Å². The summed E-state index contributed by atoms with van der Waals surface area (Å²) in [5.41, 5.74) is 0. The molecule has 0 aliphatic carbocycles. The Morgan fingerprint density at radius 3 is 0.777 bits per heavy atom. The van der Waals surface area contributed by atoms with Gasteiger partial charge in [0.05, 0.1) is 38.6 Å². The lowest BCUT2D eigenvalue weighted by Gasteiger charge is -2.48. The highest BCUT2D eigenvalue weighted by molar-refractivity contribution is 5.76. The fourth-order valence-corrected chi connectivity index (χ4v) is 17.0. The first-order valence-electron chi connectivity index (χ1n) is 48.3. The second-order valence-electron chi connectivity index (χ2n) is 34.9. The largest absolute Gasteiger partial charge is 0.394 e. The van der Waals surface area contributed by atoms with Crippen molar-refractivity contribution >= 4 is 5.91 Å². The van der Waals surface area contributed by atoms with Crippen LogP contribution in [0.2, 0.25) is 0 Å². The molecule has 3 rings (SSSR count). The second kappa shape index (κ2) is 73.7. The lowest BCUT2D eigenvalue weighted by molar-refractivity contribution is -0.379. The molecule has 3 saturated heterocycles. The average Bonchev–Trinajstić information content (AvgIpc) is 0.782. The fourth-order valence-electron chi connectivity index (χ4n) is 17.0. The number of amides is 1. The summed E-state index contributed by atoms with van der Waals surface area (Å²) < 4.78 is 34.6. The van der Waals surface area contributed by atoms with Crippen molar-refractivity contribution in [3.05, 3.63) is 0 Å². The third-order valence-corrected chi connectivity index (χ3v) is 24.7.